The van der Waals surface area contributed by atoms with Gasteiger partial charge in [-0.1, -0.05) is 0 Å². The van der Waals surface area contributed by atoms with Crippen LogP contribution >= 0.6 is 11.3 Å². The number of hydrogen-bond donors (Lipinski definition) is 1. The summed E-state index contributed by atoms with van der Waals surface area (Å²) in [6, 6.07) is 2.15. The molecule has 0 bridgehead atoms. The van der Waals surface area contributed by atoms with Crippen LogP contribution in [-0.4, -0.2) is 30.2 Å². The minimum atomic E-state index is -0.436. The van der Waals surface area contributed by atoms with Crippen molar-refractivity contribution < 1.29 is 14.6 Å². The summed E-state index contributed by atoms with van der Waals surface area (Å²) in [5, 5.41) is 11.0. The van der Waals surface area contributed by atoms with Crippen LogP contribution in [0.4, 0.5) is 0 Å². The third-order valence-electron chi connectivity index (χ3n) is 2.60. The third kappa shape index (κ3) is 3.04. The zero-order valence-electron chi connectivity index (χ0n) is 9.73. The second-order valence-electron chi connectivity index (χ2n) is 4.55. The van der Waals surface area contributed by atoms with E-state index in [-0.39, 0.29) is 12.7 Å². The van der Waals surface area contributed by atoms with E-state index in [0.29, 0.717) is 6.61 Å². The maximum absolute atomic E-state index is 8.84. The Labute approximate surface area is 100 Å². The fourth-order valence-electron chi connectivity index (χ4n) is 1.90. The molecule has 0 amide bonds. The summed E-state index contributed by atoms with van der Waals surface area (Å²) < 4.78 is 11.3. The van der Waals surface area contributed by atoms with Gasteiger partial charge in [-0.15, -0.1) is 11.3 Å². The first-order valence-electron chi connectivity index (χ1n) is 5.58. The molecular weight excluding hydrogens is 224 g/mol. The van der Waals surface area contributed by atoms with Crippen molar-refractivity contribution in [3.05, 3.63) is 21.9 Å². The van der Waals surface area contributed by atoms with E-state index < -0.39 is 5.79 Å². The topological polar surface area (TPSA) is 38.7 Å². The van der Waals surface area contributed by atoms with Crippen molar-refractivity contribution in [1.29, 1.82) is 0 Å². The lowest BCUT2D eigenvalue weighted by molar-refractivity contribution is -0.138. The average molecular weight is 242 g/mol. The van der Waals surface area contributed by atoms with Gasteiger partial charge in [-0.25, -0.2) is 0 Å². The minimum absolute atomic E-state index is 0.159. The number of rotatable bonds is 4. The number of ether oxygens (including phenoxy) is 2. The normalized spacial score (nSPS) is 23.8. The van der Waals surface area contributed by atoms with Crippen molar-refractivity contribution in [3.8, 4) is 0 Å². The van der Waals surface area contributed by atoms with Crippen LogP contribution in [0.25, 0.3) is 0 Å². The fourth-order valence-corrected chi connectivity index (χ4v) is 2.80. The lowest BCUT2D eigenvalue weighted by Crippen LogP contribution is -2.22. The summed E-state index contributed by atoms with van der Waals surface area (Å²) in [6.45, 7) is 4.77. The molecule has 0 aromatic carbocycles. The summed E-state index contributed by atoms with van der Waals surface area (Å²) in [6.07, 6.45) is 1.80. The molecule has 1 aliphatic heterocycles. The van der Waals surface area contributed by atoms with E-state index in [1.54, 1.807) is 11.3 Å². The van der Waals surface area contributed by atoms with E-state index in [0.717, 1.165) is 12.8 Å². The van der Waals surface area contributed by atoms with Gasteiger partial charge in [-0.05, 0) is 30.9 Å². The molecule has 0 saturated carbocycles. The van der Waals surface area contributed by atoms with Crippen molar-refractivity contribution in [2.75, 3.05) is 13.2 Å². The summed E-state index contributed by atoms with van der Waals surface area (Å²) >= 11 is 1.70. The van der Waals surface area contributed by atoms with Crippen molar-refractivity contribution >= 4 is 11.3 Å². The van der Waals surface area contributed by atoms with Gasteiger partial charge in [0.15, 0.2) is 5.79 Å². The number of aliphatic hydroxyl groups is 1. The second-order valence-corrected chi connectivity index (χ2v) is 5.55. The lowest BCUT2D eigenvalue weighted by Gasteiger charge is -2.16. The highest BCUT2D eigenvalue weighted by molar-refractivity contribution is 7.10. The first-order chi connectivity index (χ1) is 7.59. The Morgan fingerprint density at radius 2 is 2.38 bits per heavy atom. The molecule has 1 aromatic heterocycles. The molecule has 0 aliphatic carbocycles. The molecule has 0 radical (unpaired) electrons. The molecule has 1 N–H and O–H groups in total. The molecule has 90 valence electrons. The number of thiophene rings is 1. The SMILES string of the molecule is CC1(C)OCC(Cc2csc(CCO)c2)O1. The Hall–Kier alpha value is -0.420. The summed E-state index contributed by atoms with van der Waals surface area (Å²) in [5.41, 5.74) is 1.28. The molecule has 1 unspecified atom stereocenters. The van der Waals surface area contributed by atoms with Crippen LogP contribution in [0.1, 0.15) is 24.3 Å². The average Bonchev–Trinajstić information content (AvgIpc) is 2.75. The molecule has 1 atom stereocenters. The summed E-state index contributed by atoms with van der Waals surface area (Å²) in [7, 11) is 0. The van der Waals surface area contributed by atoms with Crippen LogP contribution in [0, 0.1) is 0 Å². The molecule has 1 fully saturated rings. The van der Waals surface area contributed by atoms with E-state index in [1.165, 1.54) is 10.4 Å². The predicted molar refractivity (Wildman–Crippen MR) is 63.7 cm³/mol. The highest BCUT2D eigenvalue weighted by Crippen LogP contribution is 2.26. The van der Waals surface area contributed by atoms with E-state index in [1.807, 2.05) is 13.8 Å². The van der Waals surface area contributed by atoms with Crippen molar-refractivity contribution in [2.45, 2.75) is 38.6 Å². The molecule has 0 spiro atoms. The molecule has 1 saturated heterocycles. The quantitative estimate of drug-likeness (QED) is 0.877. The summed E-state index contributed by atoms with van der Waals surface area (Å²) in [5.74, 6) is -0.436. The fraction of sp³-hybridized carbons (Fsp3) is 0.667. The van der Waals surface area contributed by atoms with E-state index in [2.05, 4.69) is 11.4 Å². The van der Waals surface area contributed by atoms with Gasteiger partial charge in [0.1, 0.15) is 0 Å². The minimum Gasteiger partial charge on any atom is -0.396 e. The second kappa shape index (κ2) is 4.84. The zero-order valence-corrected chi connectivity index (χ0v) is 10.5. The summed E-state index contributed by atoms with van der Waals surface area (Å²) in [4.78, 5) is 1.23. The molecule has 16 heavy (non-hydrogen) atoms. The zero-order chi connectivity index (χ0) is 11.6. The van der Waals surface area contributed by atoms with Gasteiger partial charge in [0, 0.05) is 24.3 Å². The van der Waals surface area contributed by atoms with Crippen LogP contribution < -0.4 is 0 Å². The third-order valence-corrected chi connectivity index (χ3v) is 3.64. The van der Waals surface area contributed by atoms with Gasteiger partial charge in [0.05, 0.1) is 12.7 Å². The molecule has 2 rings (SSSR count). The standard InChI is InChI=1S/C12H18O3S/c1-12(2)14-7-10(15-12)5-9-6-11(3-4-13)16-8-9/h6,8,10,13H,3-5,7H2,1-2H3. The molecule has 2 heterocycles. The first kappa shape index (κ1) is 12.0. The maximum atomic E-state index is 8.84. The van der Waals surface area contributed by atoms with Crippen molar-refractivity contribution in [1.82, 2.24) is 0 Å². The smallest absolute Gasteiger partial charge is 0.163 e. The van der Waals surface area contributed by atoms with Gasteiger partial charge in [0.2, 0.25) is 0 Å². The van der Waals surface area contributed by atoms with E-state index in [9.17, 15) is 0 Å². The lowest BCUT2D eigenvalue weighted by atomic mass is 10.1. The maximum Gasteiger partial charge on any atom is 0.163 e. The van der Waals surface area contributed by atoms with Gasteiger partial charge in [0.25, 0.3) is 0 Å². The van der Waals surface area contributed by atoms with Gasteiger partial charge >= 0.3 is 0 Å². The monoisotopic (exact) mass is 242 g/mol. The van der Waals surface area contributed by atoms with Crippen LogP contribution in [0.3, 0.4) is 0 Å². The largest absolute Gasteiger partial charge is 0.396 e. The van der Waals surface area contributed by atoms with Gasteiger partial charge in [-0.2, -0.15) is 0 Å². The Morgan fingerprint density at radius 3 is 3.00 bits per heavy atom. The van der Waals surface area contributed by atoms with Crippen molar-refractivity contribution in [2.24, 2.45) is 0 Å². The number of hydrogen-bond acceptors (Lipinski definition) is 4. The van der Waals surface area contributed by atoms with Crippen LogP contribution in [0.2, 0.25) is 0 Å². The van der Waals surface area contributed by atoms with Crippen molar-refractivity contribution in [3.63, 3.8) is 0 Å². The molecule has 1 aliphatic rings. The Balaban J connectivity index is 1.89. The van der Waals surface area contributed by atoms with Crippen LogP contribution in [-0.2, 0) is 22.3 Å². The van der Waals surface area contributed by atoms with Crippen LogP contribution in [0.5, 0.6) is 0 Å². The molecule has 4 heteroatoms. The van der Waals surface area contributed by atoms with E-state index >= 15 is 0 Å². The first-order valence-corrected chi connectivity index (χ1v) is 6.46. The highest BCUT2D eigenvalue weighted by atomic mass is 32.1. The molecule has 1 aromatic rings. The Bertz CT molecular complexity index is 346. The van der Waals surface area contributed by atoms with Gasteiger partial charge < -0.3 is 14.6 Å². The predicted octanol–water partition coefficient (Wildman–Crippen LogP) is 1.98. The van der Waals surface area contributed by atoms with Gasteiger partial charge in [-0.3, -0.25) is 0 Å². The van der Waals surface area contributed by atoms with E-state index in [4.69, 9.17) is 14.6 Å². The Morgan fingerprint density at radius 1 is 1.56 bits per heavy atom. The molecule has 3 nitrogen and oxygen atoms in total. The molecular formula is C12H18O3S. The Kier molecular flexibility index (Phi) is 3.64. The number of aliphatic hydroxyl groups excluding tert-OH is 1. The van der Waals surface area contributed by atoms with Crippen LogP contribution in [0.15, 0.2) is 11.4 Å². The highest BCUT2D eigenvalue weighted by Gasteiger charge is 2.32.